The Kier molecular flexibility index (Phi) is 4.71. The Morgan fingerprint density at radius 3 is 2.58 bits per heavy atom. The van der Waals surface area contributed by atoms with Crippen molar-refractivity contribution >= 4 is 0 Å². The molecule has 0 bridgehead atoms. The van der Waals surface area contributed by atoms with Crippen LogP contribution in [0.1, 0.15) is 87.8 Å². The zero-order valence-corrected chi connectivity index (χ0v) is 15.5. The highest BCUT2D eigenvalue weighted by Crippen LogP contribution is 2.48. The molecule has 3 aliphatic carbocycles. The summed E-state index contributed by atoms with van der Waals surface area (Å²) < 4.78 is 14.8. The fraction of sp³-hybridized carbons (Fsp3) is 0.739. The van der Waals surface area contributed by atoms with Gasteiger partial charge in [0.1, 0.15) is 5.82 Å². The van der Waals surface area contributed by atoms with Crippen molar-refractivity contribution < 1.29 is 4.39 Å². The molecule has 4 rings (SSSR count). The highest BCUT2D eigenvalue weighted by Gasteiger charge is 2.36. The first-order valence-electron chi connectivity index (χ1n) is 10.4. The van der Waals surface area contributed by atoms with Crippen molar-refractivity contribution in [2.24, 2.45) is 23.7 Å². The van der Waals surface area contributed by atoms with Gasteiger partial charge in [-0.2, -0.15) is 0 Å². The van der Waals surface area contributed by atoms with Gasteiger partial charge in [-0.1, -0.05) is 32.8 Å². The lowest BCUT2D eigenvalue weighted by atomic mass is 9.63. The van der Waals surface area contributed by atoms with E-state index in [2.05, 4.69) is 19.9 Å². The van der Waals surface area contributed by atoms with E-state index >= 15 is 0 Å². The molecule has 5 atom stereocenters. The summed E-state index contributed by atoms with van der Waals surface area (Å²) in [4.78, 5) is 0. The van der Waals surface area contributed by atoms with Crippen LogP contribution in [0.25, 0.3) is 0 Å². The zero-order valence-electron chi connectivity index (χ0n) is 15.5. The van der Waals surface area contributed by atoms with E-state index in [-0.39, 0.29) is 5.82 Å². The predicted molar refractivity (Wildman–Crippen MR) is 98.8 cm³/mol. The van der Waals surface area contributed by atoms with E-state index < -0.39 is 0 Å². The molecule has 0 radical (unpaired) electrons. The van der Waals surface area contributed by atoms with Crippen LogP contribution in [0.15, 0.2) is 12.1 Å². The highest BCUT2D eigenvalue weighted by atomic mass is 19.1. The van der Waals surface area contributed by atoms with Gasteiger partial charge in [0.05, 0.1) is 0 Å². The second kappa shape index (κ2) is 6.81. The van der Waals surface area contributed by atoms with Crippen LogP contribution in [0.3, 0.4) is 0 Å². The van der Waals surface area contributed by atoms with E-state index in [0.717, 1.165) is 36.2 Å². The van der Waals surface area contributed by atoms with Crippen molar-refractivity contribution in [2.75, 3.05) is 0 Å². The zero-order chi connectivity index (χ0) is 16.7. The molecule has 132 valence electrons. The Hall–Kier alpha value is -0.850. The lowest BCUT2D eigenvalue weighted by Crippen LogP contribution is -2.30. The molecule has 3 aliphatic rings. The van der Waals surface area contributed by atoms with Gasteiger partial charge in [0.2, 0.25) is 0 Å². The Balaban J connectivity index is 1.51. The van der Waals surface area contributed by atoms with Gasteiger partial charge >= 0.3 is 0 Å². The van der Waals surface area contributed by atoms with Crippen LogP contribution in [-0.2, 0) is 12.8 Å². The molecule has 0 aliphatic heterocycles. The van der Waals surface area contributed by atoms with Crippen LogP contribution in [0.4, 0.5) is 4.39 Å². The standard InChI is InChI=1S/C23H33F/c1-3-16-5-7-18-12-20(9-8-17(18)11-16)22-13-19-6-4-15(2)10-21(19)14-23(22)24/h13-18,20H,3-12H2,1-2H3. The van der Waals surface area contributed by atoms with Gasteiger partial charge in [0, 0.05) is 0 Å². The Bertz CT molecular complexity index is 590. The third-order valence-electron chi connectivity index (χ3n) is 7.53. The fourth-order valence-electron chi connectivity index (χ4n) is 5.93. The third-order valence-corrected chi connectivity index (χ3v) is 7.53. The fourth-order valence-corrected chi connectivity index (χ4v) is 5.93. The van der Waals surface area contributed by atoms with Gasteiger partial charge in [-0.3, -0.25) is 0 Å². The van der Waals surface area contributed by atoms with Crippen LogP contribution in [0, 0.1) is 29.5 Å². The van der Waals surface area contributed by atoms with E-state index in [0.29, 0.717) is 11.8 Å². The Labute approximate surface area is 147 Å². The minimum atomic E-state index is 0.0912. The predicted octanol–water partition coefficient (Wildman–Crippen LogP) is 6.66. The molecule has 0 nitrogen and oxygen atoms in total. The van der Waals surface area contributed by atoms with Gasteiger partial charge in [-0.15, -0.1) is 0 Å². The lowest BCUT2D eigenvalue weighted by Gasteiger charge is -2.42. The summed E-state index contributed by atoms with van der Waals surface area (Å²) in [6, 6.07) is 4.15. The number of benzene rings is 1. The topological polar surface area (TPSA) is 0 Å². The van der Waals surface area contributed by atoms with Crippen LogP contribution >= 0.6 is 0 Å². The summed E-state index contributed by atoms with van der Waals surface area (Å²) in [6.45, 7) is 4.64. The molecule has 2 saturated carbocycles. The highest BCUT2D eigenvalue weighted by molar-refractivity contribution is 5.37. The summed E-state index contributed by atoms with van der Waals surface area (Å²) >= 11 is 0. The number of fused-ring (bicyclic) bond motifs is 2. The number of hydrogen-bond donors (Lipinski definition) is 0. The molecule has 0 N–H and O–H groups in total. The van der Waals surface area contributed by atoms with Crippen LogP contribution in [0.2, 0.25) is 0 Å². The van der Waals surface area contributed by atoms with Gasteiger partial charge in [-0.25, -0.2) is 4.39 Å². The maximum atomic E-state index is 14.8. The third kappa shape index (κ3) is 3.16. The van der Waals surface area contributed by atoms with E-state index in [9.17, 15) is 4.39 Å². The van der Waals surface area contributed by atoms with Crippen LogP contribution in [0.5, 0.6) is 0 Å². The molecule has 5 unspecified atom stereocenters. The minimum absolute atomic E-state index is 0.0912. The van der Waals surface area contributed by atoms with Crippen molar-refractivity contribution in [2.45, 2.75) is 84.0 Å². The van der Waals surface area contributed by atoms with E-state index in [1.807, 2.05) is 6.07 Å². The van der Waals surface area contributed by atoms with Crippen molar-refractivity contribution in [3.05, 3.63) is 34.6 Å². The summed E-state index contributed by atoms with van der Waals surface area (Å²) in [5, 5.41) is 0. The average Bonchev–Trinajstić information content (AvgIpc) is 2.60. The number of aryl methyl sites for hydroxylation is 1. The first kappa shape index (κ1) is 16.6. The van der Waals surface area contributed by atoms with Crippen molar-refractivity contribution in [3.63, 3.8) is 0 Å². The van der Waals surface area contributed by atoms with Gasteiger partial charge in [0.25, 0.3) is 0 Å². The molecule has 24 heavy (non-hydrogen) atoms. The molecule has 0 heterocycles. The van der Waals surface area contributed by atoms with Crippen LogP contribution < -0.4 is 0 Å². The van der Waals surface area contributed by atoms with Gasteiger partial charge in [0.15, 0.2) is 0 Å². The average molecular weight is 329 g/mol. The maximum absolute atomic E-state index is 14.8. The Morgan fingerprint density at radius 1 is 0.958 bits per heavy atom. The summed E-state index contributed by atoms with van der Waals surface area (Å²) in [6.07, 6.45) is 12.9. The Morgan fingerprint density at radius 2 is 1.75 bits per heavy atom. The molecule has 1 heteroatoms. The van der Waals surface area contributed by atoms with Gasteiger partial charge in [-0.05, 0) is 104 Å². The summed E-state index contributed by atoms with van der Waals surface area (Å²) in [7, 11) is 0. The second-order valence-corrected chi connectivity index (χ2v) is 9.11. The van der Waals surface area contributed by atoms with Crippen LogP contribution in [-0.4, -0.2) is 0 Å². The molecule has 0 spiro atoms. The van der Waals surface area contributed by atoms with E-state index in [1.54, 1.807) is 0 Å². The number of halogens is 1. The summed E-state index contributed by atoms with van der Waals surface area (Å²) in [5.41, 5.74) is 3.79. The minimum Gasteiger partial charge on any atom is -0.207 e. The van der Waals surface area contributed by atoms with Gasteiger partial charge < -0.3 is 0 Å². The lowest BCUT2D eigenvalue weighted by molar-refractivity contribution is 0.115. The monoisotopic (exact) mass is 328 g/mol. The van der Waals surface area contributed by atoms with Crippen molar-refractivity contribution in [3.8, 4) is 0 Å². The molecule has 1 aromatic rings. The quantitative estimate of drug-likeness (QED) is 0.569. The molecular weight excluding hydrogens is 295 g/mol. The molecular formula is C23H33F. The molecule has 2 fully saturated rings. The second-order valence-electron chi connectivity index (χ2n) is 9.11. The first-order chi connectivity index (χ1) is 11.6. The first-order valence-corrected chi connectivity index (χ1v) is 10.4. The molecule has 0 aromatic heterocycles. The maximum Gasteiger partial charge on any atom is 0.126 e. The molecule has 1 aromatic carbocycles. The largest absolute Gasteiger partial charge is 0.207 e. The molecule has 0 amide bonds. The molecule has 0 saturated heterocycles. The number of hydrogen-bond acceptors (Lipinski definition) is 0. The number of rotatable bonds is 2. The van der Waals surface area contributed by atoms with E-state index in [1.165, 1.54) is 62.5 Å². The van der Waals surface area contributed by atoms with Crippen molar-refractivity contribution in [1.29, 1.82) is 0 Å². The smallest absolute Gasteiger partial charge is 0.126 e. The normalized spacial score (nSPS) is 36.0. The summed E-state index contributed by atoms with van der Waals surface area (Å²) in [5.74, 6) is 4.04. The van der Waals surface area contributed by atoms with E-state index in [4.69, 9.17) is 0 Å². The SMILES string of the molecule is CCC1CCC2CC(c3cc4c(cc3F)CC(C)CC4)CCC2C1. The van der Waals surface area contributed by atoms with Crippen molar-refractivity contribution in [1.82, 2.24) is 0 Å².